The molecule has 23 heavy (non-hydrogen) atoms. The normalized spacial score (nSPS) is 13.0. The number of rotatable bonds is 6. The summed E-state index contributed by atoms with van der Waals surface area (Å²) in [6.45, 7) is 4.25. The molecule has 3 N–H and O–H groups in total. The zero-order valence-corrected chi connectivity index (χ0v) is 14.6. The molecule has 1 aromatic carbocycles. The van der Waals surface area contributed by atoms with Crippen LogP contribution in [0.1, 0.15) is 20.3 Å². The van der Waals surface area contributed by atoms with E-state index < -0.39 is 15.6 Å². The number of benzene rings is 1. The maximum atomic E-state index is 12.4. The van der Waals surface area contributed by atoms with Crippen LogP contribution >= 0.6 is 12.4 Å². The number of sulfonamides is 1. The van der Waals surface area contributed by atoms with Gasteiger partial charge in [-0.25, -0.2) is 17.9 Å². The van der Waals surface area contributed by atoms with Gasteiger partial charge in [0.25, 0.3) is 0 Å². The van der Waals surface area contributed by atoms with Gasteiger partial charge in [0.05, 0.1) is 4.90 Å². The quantitative estimate of drug-likeness (QED) is 0.765. The molecular weight excluding hydrogens is 340 g/mol. The molecule has 0 bridgehead atoms. The molecule has 0 spiro atoms. The van der Waals surface area contributed by atoms with Gasteiger partial charge < -0.3 is 10.2 Å². The lowest BCUT2D eigenvalue weighted by atomic mass is 10.1. The van der Waals surface area contributed by atoms with E-state index in [4.69, 9.17) is 10.2 Å². The number of halogens is 1. The summed E-state index contributed by atoms with van der Waals surface area (Å²) >= 11 is 0. The summed E-state index contributed by atoms with van der Waals surface area (Å²) in [6, 6.07) is 6.85. The molecule has 0 fully saturated rings. The Labute approximate surface area is 141 Å². The monoisotopic (exact) mass is 360 g/mol. The molecule has 1 aromatic heterocycles. The van der Waals surface area contributed by atoms with Crippen LogP contribution in [0.4, 0.5) is 0 Å². The van der Waals surface area contributed by atoms with E-state index >= 15 is 0 Å². The topological polar surface area (TPSA) is 102 Å². The van der Waals surface area contributed by atoms with Crippen LogP contribution in [0.15, 0.2) is 44.4 Å². The van der Waals surface area contributed by atoms with Gasteiger partial charge in [0.1, 0.15) is 5.58 Å². The Balaban J connectivity index is 0.00000264. The first-order valence-corrected chi connectivity index (χ1v) is 8.56. The molecule has 6 nitrogen and oxygen atoms in total. The predicted octanol–water partition coefficient (Wildman–Crippen LogP) is 1.87. The van der Waals surface area contributed by atoms with Crippen molar-refractivity contribution in [2.75, 3.05) is 6.54 Å². The van der Waals surface area contributed by atoms with E-state index in [1.807, 2.05) is 13.8 Å². The maximum absolute atomic E-state index is 12.4. The van der Waals surface area contributed by atoms with Crippen LogP contribution < -0.4 is 16.1 Å². The third-order valence-electron chi connectivity index (χ3n) is 3.26. The molecule has 2 aromatic rings. The van der Waals surface area contributed by atoms with Crippen LogP contribution in [0.2, 0.25) is 0 Å². The van der Waals surface area contributed by atoms with Gasteiger partial charge in [0.15, 0.2) is 0 Å². The first-order chi connectivity index (χ1) is 10.3. The molecule has 128 valence electrons. The Morgan fingerprint density at radius 3 is 2.52 bits per heavy atom. The minimum atomic E-state index is -3.67. The average molecular weight is 361 g/mol. The first-order valence-electron chi connectivity index (χ1n) is 7.08. The number of nitrogens with one attached hydrogen (secondary N) is 1. The molecular formula is C15H21ClN2O4S. The fourth-order valence-corrected chi connectivity index (χ4v) is 3.56. The standard InChI is InChI=1S/C15H20N2O4S.ClH/c1-10(2)7-12(9-16)17-22(19,20)13-4-5-14-11(8-13)3-6-15(18)21-14;/h3-6,8,10,12,17H,7,9,16H2,1-2H3;1H. The summed E-state index contributed by atoms with van der Waals surface area (Å²) in [5, 5.41) is 0.552. The van der Waals surface area contributed by atoms with Crippen molar-refractivity contribution in [3.8, 4) is 0 Å². The SMILES string of the molecule is CC(C)CC(CN)NS(=O)(=O)c1ccc2oc(=O)ccc2c1.Cl. The van der Waals surface area contributed by atoms with Crippen molar-refractivity contribution in [2.24, 2.45) is 11.7 Å². The van der Waals surface area contributed by atoms with Gasteiger partial charge in [-0.3, -0.25) is 0 Å². The van der Waals surface area contributed by atoms with Gasteiger partial charge in [-0.1, -0.05) is 13.8 Å². The second-order valence-electron chi connectivity index (χ2n) is 5.64. The molecule has 1 atom stereocenters. The smallest absolute Gasteiger partial charge is 0.336 e. The highest BCUT2D eigenvalue weighted by Crippen LogP contribution is 2.18. The Morgan fingerprint density at radius 1 is 1.22 bits per heavy atom. The fourth-order valence-electron chi connectivity index (χ4n) is 2.27. The van der Waals surface area contributed by atoms with E-state index in [1.165, 1.54) is 30.3 Å². The molecule has 0 saturated heterocycles. The summed E-state index contributed by atoms with van der Waals surface area (Å²) in [6.07, 6.45) is 0.665. The van der Waals surface area contributed by atoms with Crippen molar-refractivity contribution in [2.45, 2.75) is 31.2 Å². The van der Waals surface area contributed by atoms with Gasteiger partial charge in [0.2, 0.25) is 10.0 Å². The lowest BCUT2D eigenvalue weighted by Crippen LogP contribution is -2.40. The highest BCUT2D eigenvalue weighted by atomic mass is 35.5. The molecule has 8 heteroatoms. The number of fused-ring (bicyclic) bond motifs is 1. The summed E-state index contributed by atoms with van der Waals surface area (Å²) in [4.78, 5) is 11.3. The molecule has 1 unspecified atom stereocenters. The molecule has 0 amide bonds. The molecule has 2 rings (SSSR count). The van der Waals surface area contributed by atoms with Crippen molar-refractivity contribution in [1.82, 2.24) is 4.72 Å². The van der Waals surface area contributed by atoms with E-state index in [2.05, 4.69) is 4.72 Å². The lowest BCUT2D eigenvalue weighted by Gasteiger charge is -2.18. The van der Waals surface area contributed by atoms with Crippen molar-refractivity contribution < 1.29 is 12.8 Å². The third-order valence-corrected chi connectivity index (χ3v) is 4.78. The van der Waals surface area contributed by atoms with Gasteiger partial charge in [-0.15, -0.1) is 12.4 Å². The molecule has 0 saturated carbocycles. The lowest BCUT2D eigenvalue weighted by molar-refractivity contribution is 0.465. The zero-order chi connectivity index (χ0) is 16.3. The van der Waals surface area contributed by atoms with Gasteiger partial charge in [-0.05, 0) is 36.6 Å². The zero-order valence-electron chi connectivity index (χ0n) is 13.0. The predicted molar refractivity (Wildman–Crippen MR) is 92.4 cm³/mol. The van der Waals surface area contributed by atoms with Crippen molar-refractivity contribution in [3.63, 3.8) is 0 Å². The Hall–Kier alpha value is -1.41. The molecule has 1 heterocycles. The van der Waals surface area contributed by atoms with Crippen LogP contribution in [0, 0.1) is 5.92 Å². The van der Waals surface area contributed by atoms with E-state index in [-0.39, 0.29) is 29.9 Å². The van der Waals surface area contributed by atoms with Crippen molar-refractivity contribution >= 4 is 33.4 Å². The maximum Gasteiger partial charge on any atom is 0.336 e. The van der Waals surface area contributed by atoms with E-state index in [1.54, 1.807) is 0 Å². The molecule has 0 radical (unpaired) electrons. The highest BCUT2D eigenvalue weighted by molar-refractivity contribution is 7.89. The van der Waals surface area contributed by atoms with Gasteiger partial charge >= 0.3 is 5.63 Å². The minimum Gasteiger partial charge on any atom is -0.423 e. The first kappa shape index (κ1) is 19.6. The number of nitrogens with two attached hydrogens (primary N) is 1. The van der Waals surface area contributed by atoms with E-state index in [0.29, 0.717) is 23.3 Å². The van der Waals surface area contributed by atoms with Crippen molar-refractivity contribution in [1.29, 1.82) is 0 Å². The Morgan fingerprint density at radius 2 is 1.91 bits per heavy atom. The minimum absolute atomic E-state index is 0. The van der Waals surface area contributed by atoms with Crippen LogP contribution in [0.3, 0.4) is 0 Å². The second kappa shape index (κ2) is 7.92. The molecule has 0 aliphatic rings. The largest absolute Gasteiger partial charge is 0.423 e. The van der Waals surface area contributed by atoms with Crippen LogP contribution in [-0.2, 0) is 10.0 Å². The van der Waals surface area contributed by atoms with E-state index in [9.17, 15) is 13.2 Å². The fraction of sp³-hybridized carbons (Fsp3) is 0.400. The summed E-state index contributed by atoms with van der Waals surface area (Å²) in [5.41, 5.74) is 5.52. The Bertz CT molecular complexity index is 818. The van der Waals surface area contributed by atoms with Crippen LogP contribution in [0.5, 0.6) is 0 Å². The summed E-state index contributed by atoms with van der Waals surface area (Å²) in [5.74, 6) is 0.335. The summed E-state index contributed by atoms with van der Waals surface area (Å²) < 4.78 is 32.5. The van der Waals surface area contributed by atoms with E-state index in [0.717, 1.165) is 0 Å². The third kappa shape index (κ3) is 5.04. The van der Waals surface area contributed by atoms with Crippen molar-refractivity contribution in [3.05, 3.63) is 40.8 Å². The highest BCUT2D eigenvalue weighted by Gasteiger charge is 2.20. The van der Waals surface area contributed by atoms with Crippen LogP contribution in [0.25, 0.3) is 11.0 Å². The summed E-state index contributed by atoms with van der Waals surface area (Å²) in [7, 11) is -3.67. The molecule has 0 aliphatic carbocycles. The van der Waals surface area contributed by atoms with Gasteiger partial charge in [-0.2, -0.15) is 0 Å². The number of hydrogen-bond acceptors (Lipinski definition) is 5. The van der Waals surface area contributed by atoms with Gasteiger partial charge in [0, 0.05) is 24.0 Å². The van der Waals surface area contributed by atoms with Crippen LogP contribution in [-0.4, -0.2) is 21.0 Å². The molecule has 0 aliphatic heterocycles. The Kier molecular flexibility index (Phi) is 6.76. The number of hydrogen-bond donors (Lipinski definition) is 2. The average Bonchev–Trinajstić information content (AvgIpc) is 2.45. The second-order valence-corrected chi connectivity index (χ2v) is 7.35.